The predicted octanol–water partition coefficient (Wildman–Crippen LogP) is 2.29. The number of nitrogens with one attached hydrogen (secondary N) is 4. The number of carbonyl (C=O) groups excluding carboxylic acids is 3. The van der Waals surface area contributed by atoms with Crippen molar-refractivity contribution in [1.82, 2.24) is 31.2 Å². The number of amides is 4. The molecule has 3 rings (SSSR count). The van der Waals surface area contributed by atoms with Crippen LogP contribution < -0.4 is 21.3 Å². The van der Waals surface area contributed by atoms with Crippen molar-refractivity contribution >= 4 is 29.4 Å². The first-order valence-corrected chi connectivity index (χ1v) is 14.2. The van der Waals surface area contributed by atoms with Crippen molar-refractivity contribution in [2.24, 2.45) is 0 Å². The van der Waals surface area contributed by atoms with E-state index in [0.29, 0.717) is 45.4 Å². The summed E-state index contributed by atoms with van der Waals surface area (Å²) in [5.41, 5.74) is 2.79. The van der Waals surface area contributed by atoms with Gasteiger partial charge < -0.3 is 30.7 Å². The quantitative estimate of drug-likeness (QED) is 0.279. The second-order valence-corrected chi connectivity index (χ2v) is 10.6. The van der Waals surface area contributed by atoms with Gasteiger partial charge in [0, 0.05) is 45.0 Å². The molecule has 0 saturated carbocycles. The van der Waals surface area contributed by atoms with Crippen LogP contribution in [0.1, 0.15) is 36.6 Å². The topological polar surface area (TPSA) is 134 Å². The lowest BCUT2D eigenvalue weighted by Gasteiger charge is -2.29. The van der Waals surface area contributed by atoms with E-state index in [4.69, 9.17) is 9.47 Å². The summed E-state index contributed by atoms with van der Waals surface area (Å²) >= 11 is 1.43. The summed E-state index contributed by atoms with van der Waals surface area (Å²) < 4.78 is 10.8. The Kier molecular flexibility index (Phi) is 13.0. The first-order chi connectivity index (χ1) is 18.9. The molecule has 1 aliphatic rings. The molecular weight excluding hydrogens is 520 g/mol. The minimum absolute atomic E-state index is 0.164. The van der Waals surface area contributed by atoms with Gasteiger partial charge in [-0.05, 0) is 38.2 Å². The normalized spacial score (nSPS) is 15.9. The Morgan fingerprint density at radius 3 is 2.54 bits per heavy atom. The van der Waals surface area contributed by atoms with Crippen LogP contribution in [0.3, 0.4) is 0 Å². The smallest absolute Gasteiger partial charge is 0.407 e. The van der Waals surface area contributed by atoms with Gasteiger partial charge in [-0.2, -0.15) is 0 Å². The number of rotatable bonds is 14. The van der Waals surface area contributed by atoms with E-state index >= 15 is 0 Å². The molecule has 4 N–H and O–H groups in total. The van der Waals surface area contributed by atoms with E-state index in [1.165, 1.54) is 18.4 Å². The van der Waals surface area contributed by atoms with Gasteiger partial charge in [-0.15, -0.1) is 11.3 Å². The third kappa shape index (κ3) is 11.6. The Morgan fingerprint density at radius 1 is 1.08 bits per heavy atom. The van der Waals surface area contributed by atoms with Gasteiger partial charge in [-0.1, -0.05) is 30.3 Å². The van der Waals surface area contributed by atoms with E-state index in [-0.39, 0.29) is 24.6 Å². The highest BCUT2D eigenvalue weighted by Gasteiger charge is 2.24. The summed E-state index contributed by atoms with van der Waals surface area (Å²) in [6.45, 7) is 5.76. The van der Waals surface area contributed by atoms with Crippen molar-refractivity contribution in [3.8, 4) is 0 Å². The van der Waals surface area contributed by atoms with Gasteiger partial charge >= 0.3 is 12.1 Å². The third-order valence-electron chi connectivity index (χ3n) is 6.50. The van der Waals surface area contributed by atoms with Crippen molar-refractivity contribution in [1.29, 1.82) is 0 Å². The van der Waals surface area contributed by atoms with Crippen molar-refractivity contribution < 1.29 is 23.9 Å². The maximum Gasteiger partial charge on any atom is 0.407 e. The number of benzene rings is 1. The highest BCUT2D eigenvalue weighted by atomic mass is 32.1. The molecular formula is C27H40N6O5S. The molecule has 1 saturated heterocycles. The van der Waals surface area contributed by atoms with Crippen molar-refractivity contribution in [2.75, 3.05) is 39.9 Å². The highest BCUT2D eigenvalue weighted by Crippen LogP contribution is 2.12. The summed E-state index contributed by atoms with van der Waals surface area (Å²) in [6.07, 6.45) is 3.59. The SMILES string of the molecule is CNC(=O)NC(CCN1CCOCC1)C(=O)NC(C)CCC(Cc1ccccc1)NC(=O)OCc1cncs1. The molecule has 2 heterocycles. The molecule has 0 radical (unpaired) electrons. The molecule has 1 aromatic carbocycles. The summed E-state index contributed by atoms with van der Waals surface area (Å²) in [6, 6.07) is 8.53. The number of ether oxygens (including phenoxy) is 2. The maximum absolute atomic E-state index is 13.1. The minimum atomic E-state index is -0.657. The molecule has 214 valence electrons. The first kappa shape index (κ1) is 30.3. The Labute approximate surface area is 234 Å². The van der Waals surface area contributed by atoms with E-state index in [1.807, 2.05) is 37.3 Å². The molecule has 0 aliphatic carbocycles. The third-order valence-corrected chi connectivity index (χ3v) is 7.25. The summed E-state index contributed by atoms with van der Waals surface area (Å²) in [7, 11) is 1.52. The number of hydrogen-bond acceptors (Lipinski definition) is 8. The fourth-order valence-electron chi connectivity index (χ4n) is 4.28. The van der Waals surface area contributed by atoms with Gasteiger partial charge in [0.05, 0.1) is 23.6 Å². The minimum Gasteiger partial charge on any atom is -0.444 e. The van der Waals surface area contributed by atoms with Crippen LogP contribution >= 0.6 is 11.3 Å². The molecule has 0 bridgehead atoms. The zero-order valence-electron chi connectivity index (χ0n) is 22.7. The van der Waals surface area contributed by atoms with Crippen LogP contribution in [0.4, 0.5) is 9.59 Å². The molecule has 3 unspecified atom stereocenters. The average molecular weight is 561 g/mol. The molecule has 39 heavy (non-hydrogen) atoms. The summed E-state index contributed by atoms with van der Waals surface area (Å²) in [5, 5.41) is 11.3. The molecule has 3 atom stereocenters. The Morgan fingerprint density at radius 2 is 1.85 bits per heavy atom. The summed E-state index contributed by atoms with van der Waals surface area (Å²) in [5.74, 6) is -0.226. The highest BCUT2D eigenvalue weighted by molar-refractivity contribution is 7.09. The van der Waals surface area contributed by atoms with Crippen LogP contribution in [-0.2, 0) is 27.3 Å². The number of alkyl carbamates (subject to hydrolysis) is 1. The van der Waals surface area contributed by atoms with E-state index in [2.05, 4.69) is 31.2 Å². The van der Waals surface area contributed by atoms with E-state index in [0.717, 1.165) is 23.5 Å². The maximum atomic E-state index is 13.1. The van der Waals surface area contributed by atoms with E-state index < -0.39 is 18.2 Å². The van der Waals surface area contributed by atoms with Crippen LogP contribution in [0.15, 0.2) is 42.0 Å². The fraction of sp³-hybridized carbons (Fsp3) is 0.556. The standard InChI is InChI=1S/C27H40N6O5S/c1-20(30-25(34)24(32-26(35)28-2)10-11-33-12-14-37-15-13-33)8-9-22(16-21-6-4-3-5-7-21)31-27(36)38-18-23-17-29-19-39-23/h3-7,17,19-20,22,24H,8-16,18H2,1-2H3,(H,30,34)(H,31,36)(H2,28,32,35). The Balaban J connectivity index is 1.52. The van der Waals surface area contributed by atoms with Crippen molar-refractivity contribution in [3.05, 3.63) is 52.5 Å². The van der Waals surface area contributed by atoms with Crippen LogP contribution in [0.25, 0.3) is 0 Å². The van der Waals surface area contributed by atoms with E-state index in [9.17, 15) is 14.4 Å². The lowest BCUT2D eigenvalue weighted by atomic mass is 9.99. The Bertz CT molecular complexity index is 1000. The number of morpholine rings is 1. The number of aromatic nitrogens is 1. The zero-order chi connectivity index (χ0) is 27.9. The molecule has 11 nitrogen and oxygen atoms in total. The molecule has 2 aromatic rings. The molecule has 1 aliphatic heterocycles. The first-order valence-electron chi connectivity index (χ1n) is 13.4. The predicted molar refractivity (Wildman–Crippen MR) is 149 cm³/mol. The van der Waals surface area contributed by atoms with Gasteiger partial charge in [0.2, 0.25) is 5.91 Å². The van der Waals surface area contributed by atoms with Gasteiger partial charge in [0.15, 0.2) is 0 Å². The molecule has 1 fully saturated rings. The van der Waals surface area contributed by atoms with Crippen molar-refractivity contribution in [3.63, 3.8) is 0 Å². The van der Waals surface area contributed by atoms with Crippen LogP contribution in [0.5, 0.6) is 0 Å². The summed E-state index contributed by atoms with van der Waals surface area (Å²) in [4.78, 5) is 44.7. The van der Waals surface area contributed by atoms with E-state index in [1.54, 1.807) is 11.7 Å². The molecule has 0 spiro atoms. The largest absolute Gasteiger partial charge is 0.444 e. The number of hydrogen-bond donors (Lipinski definition) is 4. The van der Waals surface area contributed by atoms with Crippen LogP contribution in [0.2, 0.25) is 0 Å². The molecule has 4 amide bonds. The molecule has 12 heteroatoms. The number of urea groups is 1. The second kappa shape index (κ2) is 16.7. The van der Waals surface area contributed by atoms with Crippen molar-refractivity contribution in [2.45, 2.75) is 57.3 Å². The second-order valence-electron chi connectivity index (χ2n) is 9.58. The lowest BCUT2D eigenvalue weighted by Crippen LogP contribution is -2.52. The lowest BCUT2D eigenvalue weighted by molar-refractivity contribution is -0.123. The monoisotopic (exact) mass is 560 g/mol. The van der Waals surface area contributed by atoms with Crippen LogP contribution in [0, 0.1) is 0 Å². The Hall–Kier alpha value is -3.22. The fourth-order valence-corrected chi connectivity index (χ4v) is 4.79. The van der Waals surface area contributed by atoms with Gasteiger partial charge in [-0.25, -0.2) is 9.59 Å². The van der Waals surface area contributed by atoms with Gasteiger partial charge in [0.25, 0.3) is 0 Å². The van der Waals surface area contributed by atoms with Crippen LogP contribution in [-0.4, -0.2) is 85.9 Å². The van der Waals surface area contributed by atoms with Gasteiger partial charge in [0.1, 0.15) is 12.6 Å². The molecule has 1 aromatic heterocycles. The number of carbonyl (C=O) groups is 3. The average Bonchev–Trinajstić information content (AvgIpc) is 3.47. The zero-order valence-corrected chi connectivity index (χ0v) is 23.5. The van der Waals surface area contributed by atoms with Gasteiger partial charge in [-0.3, -0.25) is 14.7 Å². The number of nitrogens with zero attached hydrogens (tertiary/aromatic N) is 2. The number of thiazole rings is 1.